The molecule has 0 bridgehead atoms. The van der Waals surface area contributed by atoms with Crippen molar-refractivity contribution in [2.24, 2.45) is 0 Å². The second-order valence-electron chi connectivity index (χ2n) is 5.45. The lowest BCUT2D eigenvalue weighted by molar-refractivity contribution is 0.411. The zero-order valence-corrected chi connectivity index (χ0v) is 12.1. The Balaban J connectivity index is 2.08. The van der Waals surface area contributed by atoms with Gasteiger partial charge in [0, 0.05) is 18.0 Å². The van der Waals surface area contributed by atoms with E-state index >= 15 is 0 Å². The van der Waals surface area contributed by atoms with E-state index in [1.165, 1.54) is 18.7 Å². The summed E-state index contributed by atoms with van der Waals surface area (Å²) >= 11 is 0. The zero-order chi connectivity index (χ0) is 14.6. The third-order valence-electron chi connectivity index (χ3n) is 3.45. The van der Waals surface area contributed by atoms with Gasteiger partial charge in [-0.3, -0.25) is 0 Å². The normalized spacial score (nSPS) is 11.2. The topological polar surface area (TPSA) is 21.3 Å². The van der Waals surface area contributed by atoms with Crippen LogP contribution < -0.4 is 10.1 Å². The molecule has 0 spiro atoms. The Labute approximate surface area is 119 Å². The lowest BCUT2D eigenvalue weighted by Crippen LogP contribution is -2.27. The van der Waals surface area contributed by atoms with Crippen LogP contribution in [0.2, 0.25) is 0 Å². The van der Waals surface area contributed by atoms with Crippen LogP contribution in [-0.4, -0.2) is 13.7 Å². The molecule has 0 aliphatic rings. The smallest absolute Gasteiger partial charge is 0.149 e. The van der Waals surface area contributed by atoms with E-state index in [2.05, 4.69) is 31.3 Å². The van der Waals surface area contributed by atoms with Crippen LogP contribution in [0.15, 0.2) is 48.5 Å². The average molecular weight is 273 g/mol. The van der Waals surface area contributed by atoms with Crippen molar-refractivity contribution < 1.29 is 9.13 Å². The molecule has 0 aromatic heterocycles. The highest BCUT2D eigenvalue weighted by atomic mass is 19.1. The molecule has 0 amide bonds. The largest absolute Gasteiger partial charge is 0.497 e. The number of benzene rings is 2. The van der Waals surface area contributed by atoms with E-state index in [0.29, 0.717) is 18.0 Å². The first-order valence-corrected chi connectivity index (χ1v) is 6.66. The Morgan fingerprint density at radius 1 is 1.10 bits per heavy atom. The summed E-state index contributed by atoms with van der Waals surface area (Å²) < 4.78 is 18.9. The first kappa shape index (κ1) is 14.4. The summed E-state index contributed by atoms with van der Waals surface area (Å²) in [4.78, 5) is 0. The number of ether oxygens (including phenoxy) is 1. The van der Waals surface area contributed by atoms with E-state index in [-0.39, 0.29) is 11.2 Å². The number of hydrogen-bond donors (Lipinski definition) is 1. The molecule has 2 rings (SSSR count). The second kappa shape index (κ2) is 5.95. The van der Waals surface area contributed by atoms with Crippen molar-refractivity contribution in [3.63, 3.8) is 0 Å². The summed E-state index contributed by atoms with van der Waals surface area (Å²) in [5, 5.41) is 3.17. The fraction of sp³-hybridized carbons (Fsp3) is 0.294. The first-order valence-electron chi connectivity index (χ1n) is 6.66. The van der Waals surface area contributed by atoms with E-state index in [9.17, 15) is 4.39 Å². The third kappa shape index (κ3) is 3.29. The van der Waals surface area contributed by atoms with Gasteiger partial charge < -0.3 is 10.1 Å². The van der Waals surface area contributed by atoms with E-state index in [0.717, 1.165) is 0 Å². The van der Waals surface area contributed by atoms with Crippen LogP contribution in [0.1, 0.15) is 19.4 Å². The van der Waals surface area contributed by atoms with Crippen molar-refractivity contribution in [2.45, 2.75) is 19.3 Å². The van der Waals surface area contributed by atoms with Gasteiger partial charge in [0.05, 0.1) is 12.8 Å². The maximum absolute atomic E-state index is 13.9. The average Bonchev–Trinajstić information content (AvgIpc) is 2.47. The molecule has 0 aliphatic heterocycles. The summed E-state index contributed by atoms with van der Waals surface area (Å²) in [7, 11) is 1.53. The van der Waals surface area contributed by atoms with Gasteiger partial charge in [-0.15, -0.1) is 0 Å². The van der Waals surface area contributed by atoms with Crippen LogP contribution in [0.5, 0.6) is 5.75 Å². The maximum atomic E-state index is 13.9. The van der Waals surface area contributed by atoms with Crippen LogP contribution in [0.3, 0.4) is 0 Å². The van der Waals surface area contributed by atoms with Gasteiger partial charge in [-0.25, -0.2) is 4.39 Å². The lowest BCUT2D eigenvalue weighted by Gasteiger charge is -2.26. The minimum Gasteiger partial charge on any atom is -0.497 e. The number of methoxy groups -OCH3 is 1. The molecule has 0 heterocycles. The van der Waals surface area contributed by atoms with Crippen LogP contribution in [0, 0.1) is 5.82 Å². The van der Waals surface area contributed by atoms with Crippen molar-refractivity contribution in [3.05, 3.63) is 59.9 Å². The van der Waals surface area contributed by atoms with E-state index in [1.807, 2.05) is 18.2 Å². The van der Waals surface area contributed by atoms with Gasteiger partial charge in [-0.2, -0.15) is 0 Å². The maximum Gasteiger partial charge on any atom is 0.149 e. The fourth-order valence-corrected chi connectivity index (χ4v) is 2.07. The van der Waals surface area contributed by atoms with Crippen LogP contribution in [0.4, 0.5) is 10.1 Å². The number of hydrogen-bond acceptors (Lipinski definition) is 2. The molecule has 0 fully saturated rings. The molecule has 1 N–H and O–H groups in total. The molecule has 20 heavy (non-hydrogen) atoms. The summed E-state index contributed by atoms with van der Waals surface area (Å²) in [6.45, 7) is 4.92. The van der Waals surface area contributed by atoms with Crippen molar-refractivity contribution in [1.29, 1.82) is 0 Å². The molecule has 0 saturated carbocycles. The summed E-state index contributed by atoms with van der Waals surface area (Å²) in [6, 6.07) is 15.1. The Morgan fingerprint density at radius 2 is 1.80 bits per heavy atom. The Kier molecular flexibility index (Phi) is 4.28. The standard InChI is InChI=1S/C17H20FNO/c1-17(2,13-7-5-4-6-8-13)12-19-16-10-9-14(20-3)11-15(16)18/h4-11,19H,12H2,1-3H3. The molecule has 0 saturated heterocycles. The Hall–Kier alpha value is -2.03. The van der Waals surface area contributed by atoms with Crippen LogP contribution in [-0.2, 0) is 5.41 Å². The molecule has 2 aromatic rings. The predicted molar refractivity (Wildman–Crippen MR) is 80.9 cm³/mol. The Morgan fingerprint density at radius 3 is 2.40 bits per heavy atom. The molecule has 2 nitrogen and oxygen atoms in total. The zero-order valence-electron chi connectivity index (χ0n) is 12.1. The SMILES string of the molecule is COc1ccc(NCC(C)(C)c2ccccc2)c(F)c1. The molecule has 0 radical (unpaired) electrons. The van der Waals surface area contributed by atoms with Crippen molar-refractivity contribution in [3.8, 4) is 5.75 Å². The second-order valence-corrected chi connectivity index (χ2v) is 5.45. The third-order valence-corrected chi connectivity index (χ3v) is 3.45. The summed E-state index contributed by atoms with van der Waals surface area (Å²) in [5.41, 5.74) is 1.64. The highest BCUT2D eigenvalue weighted by molar-refractivity contribution is 5.48. The predicted octanol–water partition coefficient (Wildman–Crippen LogP) is 4.22. The number of anilines is 1. The van der Waals surface area contributed by atoms with Gasteiger partial charge in [0.1, 0.15) is 11.6 Å². The van der Waals surface area contributed by atoms with E-state index in [1.54, 1.807) is 12.1 Å². The van der Waals surface area contributed by atoms with E-state index < -0.39 is 0 Å². The Bertz CT molecular complexity index is 566. The lowest BCUT2D eigenvalue weighted by atomic mass is 9.84. The monoisotopic (exact) mass is 273 g/mol. The highest BCUT2D eigenvalue weighted by Crippen LogP contribution is 2.25. The van der Waals surface area contributed by atoms with Gasteiger partial charge in [0.2, 0.25) is 0 Å². The molecular weight excluding hydrogens is 253 g/mol. The van der Waals surface area contributed by atoms with Crippen molar-refractivity contribution in [2.75, 3.05) is 19.0 Å². The minimum atomic E-state index is -0.298. The van der Waals surface area contributed by atoms with E-state index in [4.69, 9.17) is 4.74 Å². The van der Waals surface area contributed by atoms with Gasteiger partial charge in [0.15, 0.2) is 0 Å². The van der Waals surface area contributed by atoms with Crippen molar-refractivity contribution >= 4 is 5.69 Å². The highest BCUT2D eigenvalue weighted by Gasteiger charge is 2.20. The minimum absolute atomic E-state index is 0.0758. The molecular formula is C17H20FNO. The molecule has 0 atom stereocenters. The number of nitrogens with one attached hydrogen (secondary N) is 1. The van der Waals surface area contributed by atoms with Crippen LogP contribution >= 0.6 is 0 Å². The van der Waals surface area contributed by atoms with Gasteiger partial charge in [0.25, 0.3) is 0 Å². The number of rotatable bonds is 5. The fourth-order valence-electron chi connectivity index (χ4n) is 2.07. The van der Waals surface area contributed by atoms with Gasteiger partial charge >= 0.3 is 0 Å². The quantitative estimate of drug-likeness (QED) is 0.880. The first-order chi connectivity index (χ1) is 9.53. The summed E-state index contributed by atoms with van der Waals surface area (Å²) in [6.07, 6.45) is 0. The molecule has 3 heteroatoms. The molecule has 2 aromatic carbocycles. The molecule has 106 valence electrons. The van der Waals surface area contributed by atoms with Crippen molar-refractivity contribution in [1.82, 2.24) is 0 Å². The molecule has 0 aliphatic carbocycles. The van der Waals surface area contributed by atoms with Gasteiger partial charge in [-0.1, -0.05) is 44.2 Å². The van der Waals surface area contributed by atoms with Gasteiger partial charge in [-0.05, 0) is 17.7 Å². The number of halogens is 1. The molecule has 0 unspecified atom stereocenters. The van der Waals surface area contributed by atoms with Crippen LogP contribution in [0.25, 0.3) is 0 Å². The summed E-state index contributed by atoms with van der Waals surface area (Å²) in [5.74, 6) is 0.226.